The van der Waals surface area contributed by atoms with Crippen molar-refractivity contribution in [2.75, 3.05) is 0 Å². The van der Waals surface area contributed by atoms with Crippen LogP contribution in [0.25, 0.3) is 0 Å². The van der Waals surface area contributed by atoms with E-state index < -0.39 is 0 Å². The predicted octanol–water partition coefficient (Wildman–Crippen LogP) is 3.22. The summed E-state index contributed by atoms with van der Waals surface area (Å²) in [5.74, 6) is -0.394. The summed E-state index contributed by atoms with van der Waals surface area (Å²) in [5.41, 5.74) is 3.33. The fourth-order valence-electron chi connectivity index (χ4n) is 2.60. The first-order valence-corrected chi connectivity index (χ1v) is 6.46. The highest BCUT2D eigenvalue weighted by atomic mass is 19.1. The molecule has 0 aliphatic carbocycles. The Bertz CT molecular complexity index is 578. The first kappa shape index (κ1) is 12.3. The van der Waals surface area contributed by atoms with E-state index in [9.17, 15) is 8.78 Å². The molecule has 1 N–H and O–H groups in total. The Balaban J connectivity index is 1.73. The molecule has 0 amide bonds. The van der Waals surface area contributed by atoms with Crippen molar-refractivity contribution in [3.05, 3.63) is 70.8 Å². The van der Waals surface area contributed by atoms with Gasteiger partial charge in [0.1, 0.15) is 11.6 Å². The normalized spacial score (nSPS) is 18.1. The summed E-state index contributed by atoms with van der Waals surface area (Å²) in [5, 5.41) is 3.44. The molecule has 98 valence electrons. The summed E-state index contributed by atoms with van der Waals surface area (Å²) in [6.45, 7) is 0.765. The Morgan fingerprint density at radius 1 is 0.947 bits per heavy atom. The third kappa shape index (κ3) is 2.82. The zero-order chi connectivity index (χ0) is 13.2. The number of hydrogen-bond donors (Lipinski definition) is 1. The van der Waals surface area contributed by atoms with Crippen LogP contribution in [0.2, 0.25) is 0 Å². The molecular weight excluding hydrogens is 244 g/mol. The highest BCUT2D eigenvalue weighted by Crippen LogP contribution is 2.20. The van der Waals surface area contributed by atoms with Crippen LogP contribution in [0.15, 0.2) is 42.5 Å². The predicted molar refractivity (Wildman–Crippen MR) is 70.8 cm³/mol. The van der Waals surface area contributed by atoms with Gasteiger partial charge in [-0.3, -0.25) is 0 Å². The third-order valence-electron chi connectivity index (χ3n) is 3.61. The number of nitrogens with one attached hydrogen (secondary N) is 1. The van der Waals surface area contributed by atoms with Gasteiger partial charge in [-0.25, -0.2) is 8.78 Å². The van der Waals surface area contributed by atoms with Gasteiger partial charge in [0.25, 0.3) is 0 Å². The highest BCUT2D eigenvalue weighted by molar-refractivity contribution is 5.31. The van der Waals surface area contributed by atoms with E-state index in [0.717, 1.165) is 36.1 Å². The van der Waals surface area contributed by atoms with Crippen molar-refractivity contribution in [1.82, 2.24) is 5.32 Å². The van der Waals surface area contributed by atoms with E-state index in [4.69, 9.17) is 0 Å². The topological polar surface area (TPSA) is 12.0 Å². The fraction of sp³-hybridized carbons (Fsp3) is 0.250. The summed E-state index contributed by atoms with van der Waals surface area (Å²) in [6.07, 6.45) is 1.64. The van der Waals surface area contributed by atoms with E-state index in [0.29, 0.717) is 0 Å². The first-order valence-electron chi connectivity index (χ1n) is 6.46. The summed E-state index contributed by atoms with van der Waals surface area (Å²) >= 11 is 0. The molecule has 3 rings (SSSR count). The van der Waals surface area contributed by atoms with Gasteiger partial charge in [-0.15, -0.1) is 0 Å². The Hall–Kier alpha value is -1.74. The van der Waals surface area contributed by atoms with Crippen LogP contribution in [0.5, 0.6) is 0 Å². The molecule has 1 unspecified atom stereocenters. The third-order valence-corrected chi connectivity index (χ3v) is 3.61. The van der Waals surface area contributed by atoms with E-state index in [-0.39, 0.29) is 17.7 Å². The molecule has 19 heavy (non-hydrogen) atoms. The maximum absolute atomic E-state index is 13.2. The van der Waals surface area contributed by atoms with Crippen LogP contribution in [0.4, 0.5) is 8.78 Å². The molecule has 1 atom stereocenters. The van der Waals surface area contributed by atoms with Gasteiger partial charge in [-0.2, -0.15) is 0 Å². The number of rotatable bonds is 2. The zero-order valence-electron chi connectivity index (χ0n) is 10.5. The Morgan fingerprint density at radius 2 is 1.68 bits per heavy atom. The lowest BCUT2D eigenvalue weighted by Crippen LogP contribution is -2.37. The highest BCUT2D eigenvalue weighted by Gasteiger charge is 2.18. The zero-order valence-corrected chi connectivity index (χ0v) is 10.5. The SMILES string of the molecule is Fc1ccc(CC2Cc3cc(F)ccc3CN2)cc1. The van der Waals surface area contributed by atoms with Gasteiger partial charge >= 0.3 is 0 Å². The quantitative estimate of drug-likeness (QED) is 0.873. The first-order chi connectivity index (χ1) is 9.20. The maximum atomic E-state index is 13.2. The molecule has 1 aliphatic heterocycles. The van der Waals surface area contributed by atoms with Crippen molar-refractivity contribution in [1.29, 1.82) is 0 Å². The molecule has 1 aliphatic rings. The van der Waals surface area contributed by atoms with Crippen molar-refractivity contribution in [2.24, 2.45) is 0 Å². The molecular formula is C16H15F2N. The lowest BCUT2D eigenvalue weighted by molar-refractivity contribution is 0.474. The summed E-state index contributed by atoms with van der Waals surface area (Å²) in [7, 11) is 0. The molecule has 0 fully saturated rings. The van der Waals surface area contributed by atoms with Crippen molar-refractivity contribution in [3.8, 4) is 0 Å². The van der Waals surface area contributed by atoms with E-state index in [2.05, 4.69) is 5.32 Å². The fourth-order valence-corrected chi connectivity index (χ4v) is 2.60. The van der Waals surface area contributed by atoms with Gasteiger partial charge in [-0.05, 0) is 53.8 Å². The molecule has 0 aromatic heterocycles. The van der Waals surface area contributed by atoms with Crippen molar-refractivity contribution in [3.63, 3.8) is 0 Å². The van der Waals surface area contributed by atoms with Gasteiger partial charge in [0.15, 0.2) is 0 Å². The van der Waals surface area contributed by atoms with Crippen molar-refractivity contribution < 1.29 is 8.78 Å². The molecule has 1 nitrogen and oxygen atoms in total. The Labute approximate surface area is 111 Å². The van der Waals surface area contributed by atoms with Gasteiger partial charge in [0, 0.05) is 12.6 Å². The average Bonchev–Trinajstić information content (AvgIpc) is 2.41. The standard InChI is InChI=1S/C16H15F2N/c17-14-4-1-11(2-5-14)7-16-9-13-8-15(18)6-3-12(13)10-19-16/h1-6,8,16,19H,7,9-10H2. The molecule has 0 saturated carbocycles. The number of fused-ring (bicyclic) bond motifs is 1. The molecule has 2 aromatic rings. The van der Waals surface area contributed by atoms with Crippen LogP contribution in [0, 0.1) is 11.6 Å². The second-order valence-electron chi connectivity index (χ2n) is 5.03. The number of halogens is 2. The van der Waals surface area contributed by atoms with Gasteiger partial charge < -0.3 is 5.32 Å². The van der Waals surface area contributed by atoms with Crippen LogP contribution in [0.3, 0.4) is 0 Å². The summed E-state index contributed by atoms with van der Waals surface area (Å²) in [4.78, 5) is 0. The second kappa shape index (κ2) is 5.10. The number of benzene rings is 2. The van der Waals surface area contributed by atoms with Crippen molar-refractivity contribution >= 4 is 0 Å². The summed E-state index contributed by atoms with van der Waals surface area (Å²) in [6, 6.07) is 11.8. The monoisotopic (exact) mass is 259 g/mol. The second-order valence-corrected chi connectivity index (χ2v) is 5.03. The van der Waals surface area contributed by atoms with Gasteiger partial charge in [0.05, 0.1) is 0 Å². The molecule has 0 saturated heterocycles. The largest absolute Gasteiger partial charge is 0.309 e. The van der Waals surface area contributed by atoms with Crippen LogP contribution in [-0.2, 0) is 19.4 Å². The molecule has 1 heterocycles. The lowest BCUT2D eigenvalue weighted by atomic mass is 9.92. The molecule has 3 heteroatoms. The Morgan fingerprint density at radius 3 is 2.47 bits per heavy atom. The minimum absolute atomic E-state index is 0.179. The lowest BCUT2D eigenvalue weighted by Gasteiger charge is -2.26. The van der Waals surface area contributed by atoms with Gasteiger partial charge in [-0.1, -0.05) is 18.2 Å². The Kier molecular flexibility index (Phi) is 3.30. The van der Waals surface area contributed by atoms with Crippen LogP contribution >= 0.6 is 0 Å². The number of hydrogen-bond acceptors (Lipinski definition) is 1. The summed E-state index contributed by atoms with van der Waals surface area (Å²) < 4.78 is 26.1. The van der Waals surface area contributed by atoms with E-state index in [1.165, 1.54) is 18.2 Å². The van der Waals surface area contributed by atoms with E-state index in [1.807, 2.05) is 6.07 Å². The average molecular weight is 259 g/mol. The molecule has 0 spiro atoms. The van der Waals surface area contributed by atoms with E-state index in [1.54, 1.807) is 18.2 Å². The minimum Gasteiger partial charge on any atom is -0.309 e. The van der Waals surface area contributed by atoms with Crippen LogP contribution in [-0.4, -0.2) is 6.04 Å². The van der Waals surface area contributed by atoms with E-state index >= 15 is 0 Å². The molecule has 0 radical (unpaired) electrons. The smallest absolute Gasteiger partial charge is 0.123 e. The van der Waals surface area contributed by atoms with Gasteiger partial charge in [0.2, 0.25) is 0 Å². The maximum Gasteiger partial charge on any atom is 0.123 e. The minimum atomic E-state index is -0.215. The molecule has 0 bridgehead atoms. The van der Waals surface area contributed by atoms with Crippen LogP contribution in [0.1, 0.15) is 16.7 Å². The van der Waals surface area contributed by atoms with Crippen LogP contribution < -0.4 is 5.32 Å². The molecule has 2 aromatic carbocycles. The van der Waals surface area contributed by atoms with Crippen molar-refractivity contribution in [2.45, 2.75) is 25.4 Å².